The van der Waals surface area contributed by atoms with Crippen LogP contribution in [0.1, 0.15) is 31.1 Å². The Kier molecular flexibility index (Phi) is 3.22. The highest BCUT2D eigenvalue weighted by atomic mass is 35.5. The highest BCUT2D eigenvalue weighted by Gasteiger charge is 2.33. The lowest BCUT2D eigenvalue weighted by Gasteiger charge is -2.19. The van der Waals surface area contributed by atoms with Gasteiger partial charge < -0.3 is 4.57 Å². The van der Waals surface area contributed by atoms with E-state index in [0.717, 1.165) is 6.29 Å². The van der Waals surface area contributed by atoms with E-state index < -0.39 is 5.78 Å². The van der Waals surface area contributed by atoms with Gasteiger partial charge in [-0.05, 0) is 6.07 Å². The van der Waals surface area contributed by atoms with Crippen molar-refractivity contribution in [1.82, 2.24) is 4.57 Å². The molecule has 0 saturated heterocycles. The Hall–Kier alpha value is -2.98. The minimum Gasteiger partial charge on any atom is -0.311 e. The van der Waals surface area contributed by atoms with Gasteiger partial charge in [0.1, 0.15) is 10.7 Å². The number of carbonyl (C=O) groups is 3. The van der Waals surface area contributed by atoms with Crippen molar-refractivity contribution >= 4 is 46.1 Å². The van der Waals surface area contributed by atoms with E-state index in [2.05, 4.69) is 0 Å². The van der Waals surface area contributed by atoms with E-state index >= 15 is 0 Å². The number of hydrogen-bond donors (Lipinski definition) is 0. The van der Waals surface area contributed by atoms with Crippen LogP contribution in [0.5, 0.6) is 0 Å². The quantitative estimate of drug-likeness (QED) is 0.666. The van der Waals surface area contributed by atoms with Gasteiger partial charge in [0, 0.05) is 28.3 Å². The van der Waals surface area contributed by atoms with E-state index in [1.54, 1.807) is 48.5 Å². The largest absolute Gasteiger partial charge is 0.311 e. The zero-order valence-electron chi connectivity index (χ0n) is 12.3. The number of aldehydes is 1. The van der Waals surface area contributed by atoms with Gasteiger partial charge >= 0.3 is 0 Å². The van der Waals surface area contributed by atoms with E-state index in [1.165, 1.54) is 10.8 Å². The molecule has 1 aliphatic rings. The predicted molar refractivity (Wildman–Crippen MR) is 91.5 cm³/mol. The first-order chi connectivity index (χ1) is 11.6. The van der Waals surface area contributed by atoms with Crippen molar-refractivity contribution in [3.05, 3.63) is 76.5 Å². The fourth-order valence-corrected chi connectivity index (χ4v) is 3.31. The van der Waals surface area contributed by atoms with Gasteiger partial charge in [-0.1, -0.05) is 54.1 Å². The Balaban J connectivity index is 2.04. The molecule has 0 spiro atoms. The van der Waals surface area contributed by atoms with E-state index in [4.69, 9.17) is 11.6 Å². The monoisotopic (exact) mass is 335 g/mol. The van der Waals surface area contributed by atoms with Crippen LogP contribution in [0.2, 0.25) is 0 Å². The van der Waals surface area contributed by atoms with Crippen LogP contribution in [0, 0.1) is 0 Å². The van der Waals surface area contributed by atoms with Crippen LogP contribution >= 0.6 is 11.6 Å². The third kappa shape index (κ3) is 1.90. The Bertz CT molecular complexity index is 1080. The SMILES string of the molecule is O=Cc1cn(C2=C(Cl)C(=O)c3ccccc3C2=O)c2ccccc12. The molecule has 0 atom stereocenters. The molecule has 5 heteroatoms. The molecule has 1 heterocycles. The molecule has 0 saturated carbocycles. The molecule has 1 aliphatic carbocycles. The van der Waals surface area contributed by atoms with Crippen LogP contribution in [0.15, 0.2) is 59.8 Å². The fraction of sp³-hybridized carbons (Fsp3) is 0. The summed E-state index contributed by atoms with van der Waals surface area (Å²) in [6.45, 7) is 0. The maximum atomic E-state index is 12.9. The molecule has 4 rings (SSSR count). The summed E-state index contributed by atoms with van der Waals surface area (Å²) in [4.78, 5) is 36.8. The standard InChI is InChI=1S/C19H10ClNO3/c20-16-17(19(24)14-7-2-1-6-13(14)18(16)23)21-9-11(10-22)12-5-3-4-8-15(12)21/h1-10H. The maximum Gasteiger partial charge on any atom is 0.212 e. The van der Waals surface area contributed by atoms with Crippen LogP contribution in [0.3, 0.4) is 0 Å². The number of allylic oxidation sites excluding steroid dienone is 2. The molecule has 24 heavy (non-hydrogen) atoms. The Morgan fingerprint density at radius 1 is 0.875 bits per heavy atom. The summed E-state index contributed by atoms with van der Waals surface area (Å²) in [7, 11) is 0. The number of carbonyl (C=O) groups excluding carboxylic acids is 3. The van der Waals surface area contributed by atoms with Crippen molar-refractivity contribution in [1.29, 1.82) is 0 Å². The number of Topliss-reactive ketones (excluding diaryl/α,β-unsaturated/α-hetero) is 2. The van der Waals surface area contributed by atoms with Gasteiger partial charge in [-0.2, -0.15) is 0 Å². The first-order valence-corrected chi connectivity index (χ1v) is 7.65. The lowest BCUT2D eigenvalue weighted by atomic mass is 9.92. The Morgan fingerprint density at radius 2 is 1.50 bits per heavy atom. The predicted octanol–water partition coefficient (Wildman–Crippen LogP) is 3.94. The Morgan fingerprint density at radius 3 is 2.21 bits per heavy atom. The van der Waals surface area contributed by atoms with Gasteiger partial charge in [-0.25, -0.2) is 0 Å². The third-order valence-electron chi connectivity index (χ3n) is 4.15. The molecule has 116 valence electrons. The Labute approximate surface area is 142 Å². The second kappa shape index (κ2) is 5.28. The van der Waals surface area contributed by atoms with Gasteiger partial charge in [0.15, 0.2) is 6.29 Å². The number of ketones is 2. The third-order valence-corrected chi connectivity index (χ3v) is 4.50. The molecule has 0 bridgehead atoms. The summed E-state index contributed by atoms with van der Waals surface area (Å²) in [6, 6.07) is 13.7. The number of aromatic nitrogens is 1. The molecule has 2 aromatic carbocycles. The lowest BCUT2D eigenvalue weighted by molar-refractivity contribution is 0.0994. The molecule has 4 nitrogen and oxygen atoms in total. The van der Waals surface area contributed by atoms with Crippen LogP contribution in [0.4, 0.5) is 0 Å². The van der Waals surface area contributed by atoms with Gasteiger partial charge in [-0.3, -0.25) is 14.4 Å². The number of fused-ring (bicyclic) bond motifs is 2. The number of nitrogens with zero attached hydrogens (tertiary/aromatic N) is 1. The van der Waals surface area contributed by atoms with Gasteiger partial charge in [0.25, 0.3) is 0 Å². The van der Waals surface area contributed by atoms with Crippen molar-refractivity contribution in [2.75, 3.05) is 0 Å². The smallest absolute Gasteiger partial charge is 0.212 e. The van der Waals surface area contributed by atoms with Crippen LogP contribution < -0.4 is 0 Å². The molecular weight excluding hydrogens is 326 g/mol. The minimum absolute atomic E-state index is 0.0738. The second-order valence-electron chi connectivity index (χ2n) is 5.46. The molecule has 0 amide bonds. The van der Waals surface area contributed by atoms with Gasteiger partial charge in [0.2, 0.25) is 11.6 Å². The van der Waals surface area contributed by atoms with E-state index in [0.29, 0.717) is 27.6 Å². The van der Waals surface area contributed by atoms with E-state index in [-0.39, 0.29) is 16.5 Å². The topological polar surface area (TPSA) is 56.1 Å². The summed E-state index contributed by atoms with van der Waals surface area (Å²) in [5, 5.41) is 0.556. The molecule has 0 unspecified atom stereocenters. The van der Waals surface area contributed by atoms with Crippen molar-refractivity contribution < 1.29 is 14.4 Å². The van der Waals surface area contributed by atoms with Gasteiger partial charge in [-0.15, -0.1) is 0 Å². The molecule has 0 aliphatic heterocycles. The molecule has 0 N–H and O–H groups in total. The molecule has 3 aromatic rings. The summed E-state index contributed by atoms with van der Waals surface area (Å²) >= 11 is 6.24. The molecular formula is C19H10ClNO3. The molecule has 0 radical (unpaired) electrons. The summed E-state index contributed by atoms with van der Waals surface area (Å²) in [6.07, 6.45) is 2.25. The number of para-hydroxylation sites is 1. The van der Waals surface area contributed by atoms with Crippen molar-refractivity contribution in [3.8, 4) is 0 Å². The van der Waals surface area contributed by atoms with Crippen molar-refractivity contribution in [2.24, 2.45) is 0 Å². The normalized spacial score (nSPS) is 14.2. The zero-order chi connectivity index (χ0) is 16.8. The summed E-state index contributed by atoms with van der Waals surface area (Å²) in [5.41, 5.74) is 1.76. The fourth-order valence-electron chi connectivity index (χ4n) is 3.03. The van der Waals surface area contributed by atoms with Crippen molar-refractivity contribution in [2.45, 2.75) is 0 Å². The number of rotatable bonds is 2. The van der Waals surface area contributed by atoms with Crippen LogP contribution in [-0.4, -0.2) is 22.4 Å². The highest BCUT2D eigenvalue weighted by molar-refractivity contribution is 6.55. The average Bonchev–Trinajstić information content (AvgIpc) is 2.99. The lowest BCUT2D eigenvalue weighted by Crippen LogP contribution is -2.22. The number of hydrogen-bond acceptors (Lipinski definition) is 3. The molecule has 0 fully saturated rings. The first kappa shape index (κ1) is 14.6. The number of halogens is 1. The summed E-state index contributed by atoms with van der Waals surface area (Å²) < 4.78 is 1.53. The maximum absolute atomic E-state index is 12.9. The first-order valence-electron chi connectivity index (χ1n) is 7.27. The van der Waals surface area contributed by atoms with E-state index in [1.807, 2.05) is 0 Å². The van der Waals surface area contributed by atoms with Crippen LogP contribution in [-0.2, 0) is 0 Å². The van der Waals surface area contributed by atoms with Gasteiger partial charge in [0.05, 0.1) is 5.52 Å². The van der Waals surface area contributed by atoms with E-state index in [9.17, 15) is 14.4 Å². The minimum atomic E-state index is -0.396. The average molecular weight is 336 g/mol. The van der Waals surface area contributed by atoms with Crippen molar-refractivity contribution in [3.63, 3.8) is 0 Å². The zero-order valence-corrected chi connectivity index (χ0v) is 13.1. The highest BCUT2D eigenvalue weighted by Crippen LogP contribution is 2.34. The summed E-state index contributed by atoms with van der Waals surface area (Å²) in [5.74, 6) is -0.735. The van der Waals surface area contributed by atoms with Crippen LogP contribution in [0.25, 0.3) is 16.6 Å². The number of benzene rings is 2. The molecule has 1 aromatic heterocycles. The second-order valence-corrected chi connectivity index (χ2v) is 5.83.